The highest BCUT2D eigenvalue weighted by atomic mass is 16.4. The second-order valence-corrected chi connectivity index (χ2v) is 2.28. The van der Waals surface area contributed by atoms with Crippen LogP contribution >= 0.6 is 0 Å². The zero-order valence-electron chi connectivity index (χ0n) is 6.49. The molecule has 0 aliphatic carbocycles. The first-order chi connectivity index (χ1) is 5.60. The van der Waals surface area contributed by atoms with Crippen molar-refractivity contribution in [1.82, 2.24) is 0 Å². The number of hydrogen-bond acceptors (Lipinski definition) is 3. The van der Waals surface area contributed by atoms with E-state index in [2.05, 4.69) is 6.58 Å². The van der Waals surface area contributed by atoms with E-state index in [9.17, 15) is 9.59 Å². The van der Waals surface area contributed by atoms with Crippen LogP contribution in [0.5, 0.6) is 0 Å². The molecule has 0 spiro atoms. The molecule has 0 saturated heterocycles. The maximum Gasteiger partial charge on any atom is 0.308 e. The second kappa shape index (κ2) is 5.29. The molecule has 12 heavy (non-hydrogen) atoms. The molecule has 0 rings (SSSR count). The standard InChI is InChI=1S/C8H10O4/c1-2-7(10)3-6(5-9)4-8(11)12/h2,7,10H,1,3-4H2,(H,11,12). The van der Waals surface area contributed by atoms with Crippen LogP contribution < -0.4 is 0 Å². The van der Waals surface area contributed by atoms with Crippen LogP contribution in [0.25, 0.3) is 0 Å². The number of aliphatic carboxylic acids is 1. The van der Waals surface area contributed by atoms with Gasteiger partial charge in [0.15, 0.2) is 0 Å². The molecule has 4 heteroatoms. The van der Waals surface area contributed by atoms with Gasteiger partial charge in [-0.25, -0.2) is 4.79 Å². The van der Waals surface area contributed by atoms with Crippen molar-refractivity contribution in [1.29, 1.82) is 0 Å². The van der Waals surface area contributed by atoms with Gasteiger partial charge in [0.05, 0.1) is 12.5 Å². The molecule has 0 aromatic heterocycles. The Balaban J connectivity index is 4.11. The summed E-state index contributed by atoms with van der Waals surface area (Å²) in [5.74, 6) is 0.370. The number of hydrogen-bond donors (Lipinski definition) is 2. The normalized spacial score (nSPS) is 11.4. The molecule has 0 aromatic rings. The predicted octanol–water partition coefficient (Wildman–Crippen LogP) is 0.156. The molecular formula is C8H10O4. The lowest BCUT2D eigenvalue weighted by Gasteiger charge is -2.03. The lowest BCUT2D eigenvalue weighted by molar-refractivity contribution is -0.136. The van der Waals surface area contributed by atoms with Gasteiger partial charge in [-0.15, -0.1) is 6.58 Å². The van der Waals surface area contributed by atoms with Crippen molar-refractivity contribution in [2.45, 2.75) is 18.9 Å². The number of aliphatic hydroxyl groups is 1. The lowest BCUT2D eigenvalue weighted by Crippen LogP contribution is -2.07. The Labute approximate surface area is 69.8 Å². The average molecular weight is 170 g/mol. The van der Waals surface area contributed by atoms with Crippen LogP contribution in [0.4, 0.5) is 0 Å². The first-order valence-electron chi connectivity index (χ1n) is 3.35. The molecule has 0 radical (unpaired) electrons. The third kappa shape index (κ3) is 4.44. The fraction of sp³-hybridized carbons (Fsp3) is 0.375. The van der Waals surface area contributed by atoms with Crippen molar-refractivity contribution in [3.8, 4) is 0 Å². The summed E-state index contributed by atoms with van der Waals surface area (Å²) in [5, 5.41) is 17.3. The summed E-state index contributed by atoms with van der Waals surface area (Å²) in [7, 11) is 0. The fourth-order valence-electron chi connectivity index (χ4n) is 0.668. The summed E-state index contributed by atoms with van der Waals surface area (Å²) < 4.78 is 0. The van der Waals surface area contributed by atoms with Gasteiger partial charge < -0.3 is 10.2 Å². The number of aliphatic hydroxyl groups excluding tert-OH is 1. The van der Waals surface area contributed by atoms with E-state index in [1.165, 1.54) is 12.0 Å². The van der Waals surface area contributed by atoms with E-state index in [1.807, 2.05) is 0 Å². The number of carboxylic acids is 1. The summed E-state index contributed by atoms with van der Waals surface area (Å²) in [4.78, 5) is 20.3. The molecule has 1 unspecified atom stereocenters. The van der Waals surface area contributed by atoms with Gasteiger partial charge in [0.2, 0.25) is 0 Å². The summed E-state index contributed by atoms with van der Waals surface area (Å²) >= 11 is 0. The molecule has 0 saturated carbocycles. The first kappa shape index (κ1) is 10.6. The van der Waals surface area contributed by atoms with Gasteiger partial charge in [-0.2, -0.15) is 0 Å². The van der Waals surface area contributed by atoms with E-state index in [0.29, 0.717) is 0 Å². The Morgan fingerprint density at radius 3 is 2.58 bits per heavy atom. The molecule has 0 aliphatic rings. The highest BCUT2D eigenvalue weighted by Crippen LogP contribution is 2.06. The first-order valence-corrected chi connectivity index (χ1v) is 3.35. The van der Waals surface area contributed by atoms with E-state index >= 15 is 0 Å². The molecule has 66 valence electrons. The Bertz CT molecular complexity index is 225. The van der Waals surface area contributed by atoms with Crippen LogP contribution in [0.3, 0.4) is 0 Å². The molecular weight excluding hydrogens is 160 g/mol. The number of carboxylic acid groups (broad SMARTS) is 1. The lowest BCUT2D eigenvalue weighted by atomic mass is 10.1. The highest BCUT2D eigenvalue weighted by molar-refractivity contribution is 5.74. The number of rotatable bonds is 5. The Hall–Kier alpha value is -1.38. The topological polar surface area (TPSA) is 74.6 Å². The van der Waals surface area contributed by atoms with Crippen molar-refractivity contribution < 1.29 is 19.8 Å². The van der Waals surface area contributed by atoms with E-state index in [-0.39, 0.29) is 18.4 Å². The van der Waals surface area contributed by atoms with Crippen LogP contribution in [0.15, 0.2) is 18.2 Å². The monoisotopic (exact) mass is 170 g/mol. The second-order valence-electron chi connectivity index (χ2n) is 2.28. The summed E-state index contributed by atoms with van der Waals surface area (Å²) in [6, 6.07) is 0. The number of carbonyl (C=O) groups excluding carboxylic acids is 1. The third-order valence-corrected chi connectivity index (χ3v) is 1.24. The van der Waals surface area contributed by atoms with Crippen LogP contribution in [0, 0.1) is 0 Å². The van der Waals surface area contributed by atoms with Crippen molar-refractivity contribution in [2.24, 2.45) is 0 Å². The smallest absolute Gasteiger partial charge is 0.308 e. The van der Waals surface area contributed by atoms with Crippen molar-refractivity contribution in [3.05, 3.63) is 18.2 Å². The van der Waals surface area contributed by atoms with Crippen LogP contribution in [-0.2, 0) is 9.59 Å². The Morgan fingerprint density at radius 1 is 1.67 bits per heavy atom. The molecule has 4 nitrogen and oxygen atoms in total. The molecule has 1 atom stereocenters. The zero-order valence-corrected chi connectivity index (χ0v) is 6.49. The summed E-state index contributed by atoms with van der Waals surface area (Å²) in [6.45, 7) is 3.29. The molecule has 0 amide bonds. The zero-order chi connectivity index (χ0) is 9.56. The molecule has 0 fully saturated rings. The fourth-order valence-corrected chi connectivity index (χ4v) is 0.668. The van der Waals surface area contributed by atoms with Crippen molar-refractivity contribution in [2.75, 3.05) is 0 Å². The average Bonchev–Trinajstić information content (AvgIpc) is 2.02. The minimum Gasteiger partial charge on any atom is -0.481 e. The molecule has 0 heterocycles. The van der Waals surface area contributed by atoms with Crippen LogP contribution in [0.1, 0.15) is 12.8 Å². The Morgan fingerprint density at radius 2 is 2.25 bits per heavy atom. The molecule has 2 N–H and O–H groups in total. The molecule has 0 aromatic carbocycles. The highest BCUT2D eigenvalue weighted by Gasteiger charge is 2.08. The van der Waals surface area contributed by atoms with E-state index in [4.69, 9.17) is 10.2 Å². The summed E-state index contributed by atoms with van der Waals surface area (Å²) in [5.41, 5.74) is 0.0369. The van der Waals surface area contributed by atoms with Gasteiger partial charge in [-0.1, -0.05) is 6.08 Å². The van der Waals surface area contributed by atoms with Gasteiger partial charge in [-0.05, 0) is 0 Å². The SMILES string of the molecule is C=CC(O)CC(=C=O)CC(=O)O. The van der Waals surface area contributed by atoms with Crippen molar-refractivity contribution >= 4 is 11.9 Å². The van der Waals surface area contributed by atoms with E-state index < -0.39 is 12.1 Å². The van der Waals surface area contributed by atoms with Gasteiger partial charge in [0.1, 0.15) is 5.94 Å². The number of carbonyl (C=O) groups is 1. The van der Waals surface area contributed by atoms with Gasteiger partial charge in [-0.3, -0.25) is 4.79 Å². The minimum absolute atomic E-state index is 0.0146. The van der Waals surface area contributed by atoms with E-state index in [0.717, 1.165) is 0 Å². The summed E-state index contributed by atoms with van der Waals surface area (Å²) in [6.07, 6.45) is -0.0341. The minimum atomic E-state index is -1.11. The van der Waals surface area contributed by atoms with Crippen molar-refractivity contribution in [3.63, 3.8) is 0 Å². The van der Waals surface area contributed by atoms with Gasteiger partial charge in [0.25, 0.3) is 0 Å². The maximum absolute atomic E-state index is 10.1. The largest absolute Gasteiger partial charge is 0.481 e. The van der Waals surface area contributed by atoms with Gasteiger partial charge in [0, 0.05) is 12.0 Å². The predicted molar refractivity (Wildman–Crippen MR) is 42.3 cm³/mol. The maximum atomic E-state index is 10.1. The Kier molecular flexibility index (Phi) is 4.69. The molecule has 0 aliphatic heterocycles. The molecule has 0 bridgehead atoms. The quantitative estimate of drug-likeness (QED) is 0.455. The van der Waals surface area contributed by atoms with Crippen LogP contribution in [0.2, 0.25) is 0 Å². The van der Waals surface area contributed by atoms with E-state index in [1.54, 1.807) is 0 Å². The van der Waals surface area contributed by atoms with Gasteiger partial charge >= 0.3 is 5.97 Å². The third-order valence-electron chi connectivity index (χ3n) is 1.24. The van der Waals surface area contributed by atoms with Crippen LogP contribution in [-0.4, -0.2) is 28.2 Å².